The zero-order chi connectivity index (χ0) is 18.8. The highest BCUT2D eigenvalue weighted by atomic mass is 32.1. The molecule has 0 bridgehead atoms. The fourth-order valence-corrected chi connectivity index (χ4v) is 4.67. The van der Waals surface area contributed by atoms with Gasteiger partial charge in [0, 0.05) is 10.4 Å². The van der Waals surface area contributed by atoms with Crippen molar-refractivity contribution in [1.82, 2.24) is 10.3 Å². The summed E-state index contributed by atoms with van der Waals surface area (Å²) < 4.78 is 13.2. The van der Waals surface area contributed by atoms with Crippen LogP contribution in [0.2, 0.25) is 0 Å². The average Bonchev–Trinajstić information content (AvgIpc) is 3.02. The Hall–Kier alpha value is -2.53. The van der Waals surface area contributed by atoms with Crippen molar-refractivity contribution in [2.24, 2.45) is 0 Å². The molecule has 3 aromatic rings. The number of aromatic nitrogens is 1. The minimum Gasteiger partial charge on any atom is -0.349 e. The molecule has 1 heterocycles. The van der Waals surface area contributed by atoms with Crippen LogP contribution < -0.4 is 5.32 Å². The summed E-state index contributed by atoms with van der Waals surface area (Å²) in [5.41, 5.74) is 4.18. The molecule has 0 spiro atoms. The Morgan fingerprint density at radius 1 is 1.22 bits per heavy atom. The smallest absolute Gasteiger partial charge is 0.225 e. The number of amides is 1. The number of nitrogens with zero attached hydrogens (tertiary/aromatic N) is 1. The summed E-state index contributed by atoms with van der Waals surface area (Å²) in [6.07, 6.45) is 3.42. The summed E-state index contributed by atoms with van der Waals surface area (Å²) >= 11 is 1.52. The number of fused-ring (bicyclic) bond motifs is 1. The van der Waals surface area contributed by atoms with Gasteiger partial charge >= 0.3 is 0 Å². The SMILES string of the molecule is Cc1nc(-c2ccc(F)cc2)c(CC(=O)NC2CCCc3ccccc32)s1. The van der Waals surface area contributed by atoms with Gasteiger partial charge in [0.1, 0.15) is 5.82 Å². The molecule has 1 unspecified atom stereocenters. The van der Waals surface area contributed by atoms with Gasteiger partial charge < -0.3 is 5.32 Å². The quantitative estimate of drug-likeness (QED) is 0.692. The highest BCUT2D eigenvalue weighted by molar-refractivity contribution is 7.12. The van der Waals surface area contributed by atoms with E-state index in [0.717, 1.165) is 40.4 Å². The predicted molar refractivity (Wildman–Crippen MR) is 106 cm³/mol. The molecule has 0 saturated carbocycles. The summed E-state index contributed by atoms with van der Waals surface area (Å²) in [6.45, 7) is 1.93. The van der Waals surface area contributed by atoms with Crippen LogP contribution >= 0.6 is 11.3 Å². The Bertz CT molecular complexity index is 965. The minimum atomic E-state index is -0.277. The van der Waals surface area contributed by atoms with E-state index in [1.165, 1.54) is 34.6 Å². The van der Waals surface area contributed by atoms with E-state index < -0.39 is 0 Å². The molecule has 0 radical (unpaired) electrons. The molecule has 0 saturated heterocycles. The maximum atomic E-state index is 13.2. The first-order valence-electron chi connectivity index (χ1n) is 9.19. The Morgan fingerprint density at radius 2 is 2.00 bits per heavy atom. The Labute approximate surface area is 162 Å². The predicted octanol–water partition coefficient (Wildman–Crippen LogP) is 4.99. The highest BCUT2D eigenvalue weighted by Crippen LogP contribution is 2.31. The summed E-state index contributed by atoms with van der Waals surface area (Å²) in [5.74, 6) is -0.273. The molecule has 0 aliphatic heterocycles. The lowest BCUT2D eigenvalue weighted by Crippen LogP contribution is -2.32. The number of halogens is 1. The molecule has 2 aromatic carbocycles. The van der Waals surface area contributed by atoms with Crippen molar-refractivity contribution in [3.8, 4) is 11.3 Å². The molecule has 3 nitrogen and oxygen atoms in total. The summed E-state index contributed by atoms with van der Waals surface area (Å²) in [6, 6.07) is 14.7. The Morgan fingerprint density at radius 3 is 2.81 bits per heavy atom. The number of hydrogen-bond donors (Lipinski definition) is 1. The molecule has 5 heteroatoms. The van der Waals surface area contributed by atoms with E-state index in [1.54, 1.807) is 12.1 Å². The largest absolute Gasteiger partial charge is 0.349 e. The third-order valence-electron chi connectivity index (χ3n) is 4.95. The molecule has 0 fully saturated rings. The van der Waals surface area contributed by atoms with Gasteiger partial charge in [0.15, 0.2) is 0 Å². The number of carbonyl (C=O) groups excluding carboxylic acids is 1. The molecule has 27 heavy (non-hydrogen) atoms. The Kier molecular flexibility index (Phi) is 5.03. The standard InChI is InChI=1S/C22H21FN2OS/c1-14-24-22(16-9-11-17(23)12-10-16)20(27-14)13-21(26)25-19-8-4-6-15-5-2-3-7-18(15)19/h2-3,5,7,9-12,19H,4,6,8,13H2,1H3,(H,25,26). The lowest BCUT2D eigenvalue weighted by Gasteiger charge is -2.26. The lowest BCUT2D eigenvalue weighted by molar-refractivity contribution is -0.121. The zero-order valence-corrected chi connectivity index (χ0v) is 16.0. The third-order valence-corrected chi connectivity index (χ3v) is 5.92. The molecule has 1 aliphatic rings. The fraction of sp³-hybridized carbons (Fsp3) is 0.273. The van der Waals surface area contributed by atoms with Crippen molar-refractivity contribution in [1.29, 1.82) is 0 Å². The van der Waals surface area contributed by atoms with E-state index in [-0.39, 0.29) is 24.2 Å². The summed E-state index contributed by atoms with van der Waals surface area (Å²) in [5, 5.41) is 4.10. The van der Waals surface area contributed by atoms with Gasteiger partial charge in [-0.2, -0.15) is 0 Å². The number of nitrogens with one attached hydrogen (secondary N) is 1. The second-order valence-corrected chi connectivity index (χ2v) is 8.19. The first-order valence-corrected chi connectivity index (χ1v) is 10.0. The van der Waals surface area contributed by atoms with Gasteiger partial charge in [-0.1, -0.05) is 24.3 Å². The number of aryl methyl sites for hydroxylation is 2. The molecule has 1 aromatic heterocycles. The maximum Gasteiger partial charge on any atom is 0.225 e. The van der Waals surface area contributed by atoms with Gasteiger partial charge in [-0.3, -0.25) is 4.79 Å². The molecule has 1 atom stereocenters. The van der Waals surface area contributed by atoms with Crippen LogP contribution in [0.15, 0.2) is 48.5 Å². The molecule has 1 aliphatic carbocycles. The highest BCUT2D eigenvalue weighted by Gasteiger charge is 2.22. The van der Waals surface area contributed by atoms with Crippen molar-refractivity contribution < 1.29 is 9.18 Å². The van der Waals surface area contributed by atoms with Crippen LogP contribution in [0, 0.1) is 12.7 Å². The summed E-state index contributed by atoms with van der Waals surface area (Å²) in [4.78, 5) is 18.2. The van der Waals surface area contributed by atoms with Gasteiger partial charge in [0.05, 0.1) is 23.2 Å². The number of benzene rings is 2. The van der Waals surface area contributed by atoms with Crippen LogP contribution in [-0.4, -0.2) is 10.9 Å². The first-order chi connectivity index (χ1) is 13.1. The average molecular weight is 380 g/mol. The van der Waals surface area contributed by atoms with E-state index in [4.69, 9.17) is 0 Å². The van der Waals surface area contributed by atoms with Gasteiger partial charge in [0.2, 0.25) is 5.91 Å². The lowest BCUT2D eigenvalue weighted by atomic mass is 9.87. The van der Waals surface area contributed by atoms with Gasteiger partial charge in [0.25, 0.3) is 0 Å². The van der Waals surface area contributed by atoms with Crippen LogP contribution in [0.3, 0.4) is 0 Å². The van der Waals surface area contributed by atoms with E-state index in [1.807, 2.05) is 13.0 Å². The van der Waals surface area contributed by atoms with Crippen LogP contribution in [0.1, 0.15) is 39.9 Å². The summed E-state index contributed by atoms with van der Waals surface area (Å²) in [7, 11) is 0. The van der Waals surface area contributed by atoms with Crippen molar-refractivity contribution in [3.63, 3.8) is 0 Å². The van der Waals surface area contributed by atoms with E-state index in [0.29, 0.717) is 0 Å². The molecule has 4 rings (SSSR count). The fourth-order valence-electron chi connectivity index (χ4n) is 3.72. The maximum absolute atomic E-state index is 13.2. The molecule has 1 N–H and O–H groups in total. The van der Waals surface area contributed by atoms with E-state index >= 15 is 0 Å². The number of hydrogen-bond acceptors (Lipinski definition) is 3. The van der Waals surface area contributed by atoms with Crippen molar-refractivity contribution >= 4 is 17.2 Å². The number of rotatable bonds is 4. The first kappa shape index (κ1) is 17.9. The van der Waals surface area contributed by atoms with Crippen molar-refractivity contribution in [2.45, 2.75) is 38.6 Å². The monoisotopic (exact) mass is 380 g/mol. The zero-order valence-electron chi connectivity index (χ0n) is 15.2. The number of carbonyl (C=O) groups is 1. The molecule has 138 valence electrons. The van der Waals surface area contributed by atoms with Crippen LogP contribution in [0.25, 0.3) is 11.3 Å². The molecular formula is C22H21FN2OS. The van der Waals surface area contributed by atoms with Gasteiger partial charge in [-0.25, -0.2) is 9.37 Å². The Balaban J connectivity index is 1.52. The van der Waals surface area contributed by atoms with E-state index in [2.05, 4.69) is 28.5 Å². The topological polar surface area (TPSA) is 42.0 Å². The number of thiazole rings is 1. The minimum absolute atomic E-state index is 0.00344. The van der Waals surface area contributed by atoms with Crippen LogP contribution in [0.4, 0.5) is 4.39 Å². The van der Waals surface area contributed by atoms with E-state index in [9.17, 15) is 9.18 Å². The normalized spacial score (nSPS) is 16.0. The third kappa shape index (κ3) is 3.93. The van der Waals surface area contributed by atoms with Crippen LogP contribution in [0.5, 0.6) is 0 Å². The second-order valence-electron chi connectivity index (χ2n) is 6.90. The van der Waals surface area contributed by atoms with Gasteiger partial charge in [-0.15, -0.1) is 11.3 Å². The molecular weight excluding hydrogens is 359 g/mol. The second kappa shape index (κ2) is 7.61. The van der Waals surface area contributed by atoms with Crippen molar-refractivity contribution in [2.75, 3.05) is 0 Å². The molecule has 1 amide bonds. The van der Waals surface area contributed by atoms with Gasteiger partial charge in [-0.05, 0) is 61.6 Å². The van der Waals surface area contributed by atoms with Crippen molar-refractivity contribution in [3.05, 3.63) is 75.4 Å². The van der Waals surface area contributed by atoms with Crippen LogP contribution in [-0.2, 0) is 17.6 Å².